The number of hydrogen-bond acceptors (Lipinski definition) is 3. The number of alkyl halides is 2. The second kappa shape index (κ2) is 8.79. The van der Waals surface area contributed by atoms with Gasteiger partial charge >= 0.3 is 0 Å². The summed E-state index contributed by atoms with van der Waals surface area (Å²) in [4.78, 5) is 6.21. The molecular weight excluding hydrogens is 332 g/mol. The third-order valence-corrected chi connectivity index (χ3v) is 4.48. The van der Waals surface area contributed by atoms with Gasteiger partial charge in [-0.25, -0.2) is 8.78 Å². The summed E-state index contributed by atoms with van der Waals surface area (Å²) in [5.74, 6) is 0. The first kappa shape index (κ1) is 19.9. The summed E-state index contributed by atoms with van der Waals surface area (Å²) in [5, 5.41) is 0. The quantitative estimate of drug-likeness (QED) is 0.565. The average molecular weight is 359 g/mol. The smallest absolute Gasteiger partial charge is 0.280 e. The van der Waals surface area contributed by atoms with Crippen LogP contribution >= 0.6 is 0 Å². The summed E-state index contributed by atoms with van der Waals surface area (Å²) in [6, 6.07) is 6.33. The first-order valence-electron chi connectivity index (χ1n) is 8.91. The molecule has 1 aromatic rings. The number of hydrogen-bond donors (Lipinski definition) is 1. The van der Waals surface area contributed by atoms with Crippen molar-refractivity contribution in [2.45, 2.75) is 46.5 Å². The van der Waals surface area contributed by atoms with Crippen molar-refractivity contribution in [2.75, 3.05) is 11.4 Å². The van der Waals surface area contributed by atoms with Gasteiger partial charge in [0.05, 0.1) is 0 Å². The minimum atomic E-state index is -2.61. The molecule has 0 spiro atoms. The third kappa shape index (κ3) is 4.40. The Kier molecular flexibility index (Phi) is 6.72. The molecule has 3 nitrogen and oxygen atoms in total. The van der Waals surface area contributed by atoms with Crippen molar-refractivity contribution in [1.29, 1.82) is 0 Å². The Morgan fingerprint density at radius 3 is 2.77 bits per heavy atom. The molecule has 0 atom stereocenters. The van der Waals surface area contributed by atoms with Crippen LogP contribution < -0.4 is 10.6 Å². The van der Waals surface area contributed by atoms with Crippen molar-refractivity contribution in [2.24, 2.45) is 10.7 Å². The molecule has 0 unspecified atom stereocenters. The van der Waals surface area contributed by atoms with Gasteiger partial charge in [0.2, 0.25) is 0 Å². The summed E-state index contributed by atoms with van der Waals surface area (Å²) in [7, 11) is 0. The van der Waals surface area contributed by atoms with Crippen LogP contribution in [0.5, 0.6) is 0 Å². The number of nitrogens with zero attached hydrogens (tertiary/aromatic N) is 2. The molecule has 1 aliphatic rings. The fourth-order valence-electron chi connectivity index (χ4n) is 3.22. The zero-order valence-electron chi connectivity index (χ0n) is 15.7. The fourth-order valence-corrected chi connectivity index (χ4v) is 3.22. The molecule has 0 radical (unpaired) electrons. The fraction of sp³-hybridized carbons (Fsp3) is 0.381. The molecule has 0 saturated carbocycles. The highest BCUT2D eigenvalue weighted by atomic mass is 19.3. The largest absolute Gasteiger partial charge is 0.404 e. The van der Waals surface area contributed by atoms with Crippen LogP contribution in [0, 0.1) is 6.92 Å². The number of benzene rings is 1. The monoisotopic (exact) mass is 359 g/mol. The van der Waals surface area contributed by atoms with Crippen LogP contribution in [0.25, 0.3) is 0 Å². The number of halogens is 2. The molecule has 140 valence electrons. The van der Waals surface area contributed by atoms with Gasteiger partial charge in [0.1, 0.15) is 5.70 Å². The zero-order chi connectivity index (χ0) is 19.3. The third-order valence-electron chi connectivity index (χ3n) is 4.48. The molecule has 0 saturated heterocycles. The number of aliphatic imine (C=N–C) groups is 1. The van der Waals surface area contributed by atoms with Crippen molar-refractivity contribution in [3.8, 4) is 0 Å². The summed E-state index contributed by atoms with van der Waals surface area (Å²) in [6.07, 6.45) is 2.74. The maximum absolute atomic E-state index is 13.1. The van der Waals surface area contributed by atoms with Gasteiger partial charge < -0.3 is 10.6 Å². The van der Waals surface area contributed by atoms with Gasteiger partial charge in [0.15, 0.2) is 0 Å². The minimum Gasteiger partial charge on any atom is -0.404 e. The van der Waals surface area contributed by atoms with Crippen molar-refractivity contribution < 1.29 is 8.78 Å². The van der Waals surface area contributed by atoms with E-state index >= 15 is 0 Å². The zero-order valence-corrected chi connectivity index (χ0v) is 15.7. The van der Waals surface area contributed by atoms with Crippen LogP contribution in [-0.4, -0.2) is 18.7 Å². The average Bonchev–Trinajstić information content (AvgIpc) is 2.60. The van der Waals surface area contributed by atoms with Gasteiger partial charge in [-0.1, -0.05) is 37.3 Å². The van der Waals surface area contributed by atoms with E-state index in [2.05, 4.69) is 41.6 Å². The van der Waals surface area contributed by atoms with E-state index in [0.717, 1.165) is 25.1 Å². The Morgan fingerprint density at radius 1 is 1.42 bits per heavy atom. The van der Waals surface area contributed by atoms with Crippen LogP contribution in [0.4, 0.5) is 14.5 Å². The molecule has 1 heterocycles. The van der Waals surface area contributed by atoms with Crippen LogP contribution in [0.15, 0.2) is 59.0 Å². The summed E-state index contributed by atoms with van der Waals surface area (Å²) >= 11 is 0. The number of nitrogens with two attached hydrogens (primary N) is 1. The molecule has 2 N–H and O–H groups in total. The van der Waals surface area contributed by atoms with Gasteiger partial charge in [-0.15, -0.1) is 0 Å². The predicted octanol–water partition coefficient (Wildman–Crippen LogP) is 5.12. The second-order valence-corrected chi connectivity index (χ2v) is 6.45. The Morgan fingerprint density at radius 2 is 2.15 bits per heavy atom. The van der Waals surface area contributed by atoms with E-state index in [9.17, 15) is 8.78 Å². The minimum absolute atomic E-state index is 0.230. The number of allylic oxidation sites excluding steroid dienone is 3. The molecule has 2 rings (SSSR count). The highest BCUT2D eigenvalue weighted by Crippen LogP contribution is 2.32. The number of anilines is 1. The van der Waals surface area contributed by atoms with Crippen molar-refractivity contribution in [3.63, 3.8) is 0 Å². The summed E-state index contributed by atoms with van der Waals surface area (Å²) in [5.41, 5.74) is 10.9. The molecule has 1 aromatic carbocycles. The molecule has 0 aliphatic carbocycles. The predicted molar refractivity (Wildman–Crippen MR) is 106 cm³/mol. The molecule has 26 heavy (non-hydrogen) atoms. The van der Waals surface area contributed by atoms with Crippen molar-refractivity contribution >= 4 is 11.4 Å². The lowest BCUT2D eigenvalue weighted by Gasteiger charge is -2.34. The van der Waals surface area contributed by atoms with Gasteiger partial charge in [0, 0.05) is 35.4 Å². The van der Waals surface area contributed by atoms with E-state index in [1.807, 2.05) is 0 Å². The number of fused-ring (bicyclic) bond motifs is 1. The summed E-state index contributed by atoms with van der Waals surface area (Å²) < 4.78 is 26.3. The first-order chi connectivity index (χ1) is 12.4. The van der Waals surface area contributed by atoms with E-state index in [4.69, 9.17) is 5.73 Å². The summed E-state index contributed by atoms with van der Waals surface area (Å²) in [6.45, 7) is 10.6. The molecule has 0 fully saturated rings. The maximum atomic E-state index is 13.1. The standard InChI is InChI=1S/C21H27F2N3/c1-5-7-19(21(22)23)25-15(3)18(13-24)16(4)26-11-6-8-17-12-14(2)9-10-20(17)26/h7,9-10,12-13,21H,4-6,8,11,24H2,1-3H3/b18-13?,19-7-,25-15?. The van der Waals surface area contributed by atoms with Crippen molar-refractivity contribution in [1.82, 2.24) is 0 Å². The molecular formula is C21H27F2N3. The lowest BCUT2D eigenvalue weighted by Crippen LogP contribution is -2.30. The highest BCUT2D eigenvalue weighted by Gasteiger charge is 2.22. The molecule has 5 heteroatoms. The van der Waals surface area contributed by atoms with Gasteiger partial charge in [-0.05, 0) is 44.7 Å². The van der Waals surface area contributed by atoms with Gasteiger partial charge in [-0.2, -0.15) is 0 Å². The topological polar surface area (TPSA) is 41.6 Å². The second-order valence-electron chi connectivity index (χ2n) is 6.45. The van der Waals surface area contributed by atoms with E-state index in [0.29, 0.717) is 23.4 Å². The number of aryl methyl sites for hydroxylation is 2. The lowest BCUT2D eigenvalue weighted by molar-refractivity contribution is 0.188. The van der Waals surface area contributed by atoms with Crippen LogP contribution in [-0.2, 0) is 6.42 Å². The van der Waals surface area contributed by atoms with Crippen molar-refractivity contribution in [3.05, 3.63) is 65.1 Å². The first-order valence-corrected chi connectivity index (χ1v) is 8.91. The molecule has 0 bridgehead atoms. The molecule has 0 amide bonds. The van der Waals surface area contributed by atoms with Crippen LogP contribution in [0.2, 0.25) is 0 Å². The van der Waals surface area contributed by atoms with Gasteiger partial charge in [-0.3, -0.25) is 4.99 Å². The molecule has 1 aliphatic heterocycles. The Bertz CT molecular complexity index is 761. The van der Waals surface area contributed by atoms with E-state index < -0.39 is 6.43 Å². The van der Waals surface area contributed by atoms with Crippen LogP contribution in [0.1, 0.15) is 37.8 Å². The van der Waals surface area contributed by atoms with E-state index in [-0.39, 0.29) is 5.70 Å². The van der Waals surface area contributed by atoms with Gasteiger partial charge in [0.25, 0.3) is 6.43 Å². The normalized spacial score (nSPS) is 16.1. The van der Waals surface area contributed by atoms with E-state index in [1.165, 1.54) is 23.4 Å². The maximum Gasteiger partial charge on any atom is 0.280 e. The number of rotatable bonds is 6. The molecule has 0 aromatic heterocycles. The lowest BCUT2D eigenvalue weighted by atomic mass is 9.97. The van der Waals surface area contributed by atoms with E-state index in [1.54, 1.807) is 13.8 Å². The van der Waals surface area contributed by atoms with Crippen LogP contribution in [0.3, 0.4) is 0 Å². The Balaban J connectivity index is 2.35. The SMILES string of the molecule is C=C(C(=CN)C(C)=N/C(=C\CC)C(F)F)N1CCCc2cc(C)ccc21. The highest BCUT2D eigenvalue weighted by molar-refractivity contribution is 6.03. The Hall–Kier alpha value is -2.43. The Labute approximate surface area is 154 Å².